The van der Waals surface area contributed by atoms with E-state index in [1.807, 2.05) is 37.3 Å². The highest BCUT2D eigenvalue weighted by Crippen LogP contribution is 2.28. The molecule has 3 aromatic rings. The number of aryl methyl sites for hydroxylation is 1. The third-order valence-corrected chi connectivity index (χ3v) is 4.66. The second-order valence-corrected chi connectivity index (χ2v) is 6.67. The Morgan fingerprint density at radius 1 is 1.04 bits per heavy atom. The standard InChI is InChI=1S/C20H13Cl2N3O2/c1-12-16(18(22)25(24-12)15-5-3-2-4-6-15)11-17-20(26)27-19(23-17)13-7-9-14(21)10-8-13/h2-11H,1H3/b17-11-. The fourth-order valence-electron chi connectivity index (χ4n) is 2.68. The molecule has 0 saturated heterocycles. The van der Waals surface area contributed by atoms with Gasteiger partial charge in [-0.25, -0.2) is 14.5 Å². The summed E-state index contributed by atoms with van der Waals surface area (Å²) in [6.07, 6.45) is 1.59. The highest BCUT2D eigenvalue weighted by atomic mass is 35.5. The molecule has 1 aromatic heterocycles. The molecule has 0 amide bonds. The van der Waals surface area contributed by atoms with Crippen molar-refractivity contribution in [2.45, 2.75) is 6.92 Å². The summed E-state index contributed by atoms with van der Waals surface area (Å²) >= 11 is 12.4. The van der Waals surface area contributed by atoms with Gasteiger partial charge in [0.15, 0.2) is 5.70 Å². The molecule has 134 valence electrons. The lowest BCUT2D eigenvalue weighted by molar-refractivity contribution is -0.129. The summed E-state index contributed by atoms with van der Waals surface area (Å²) in [6, 6.07) is 16.4. The second-order valence-electron chi connectivity index (χ2n) is 5.88. The van der Waals surface area contributed by atoms with Crippen LogP contribution in [0.25, 0.3) is 11.8 Å². The number of ether oxygens (including phenoxy) is 1. The largest absolute Gasteiger partial charge is 0.402 e. The van der Waals surface area contributed by atoms with Gasteiger partial charge in [-0.3, -0.25) is 0 Å². The van der Waals surface area contributed by atoms with Crippen molar-refractivity contribution in [1.29, 1.82) is 0 Å². The lowest BCUT2D eigenvalue weighted by Gasteiger charge is -2.01. The van der Waals surface area contributed by atoms with Gasteiger partial charge in [-0.2, -0.15) is 5.10 Å². The first-order valence-electron chi connectivity index (χ1n) is 8.12. The maximum atomic E-state index is 12.2. The van der Waals surface area contributed by atoms with Crippen LogP contribution in [0.1, 0.15) is 16.8 Å². The van der Waals surface area contributed by atoms with E-state index in [0.29, 0.717) is 27.0 Å². The predicted molar refractivity (Wildman–Crippen MR) is 105 cm³/mol. The summed E-state index contributed by atoms with van der Waals surface area (Å²) in [5, 5.41) is 5.45. The number of carbonyl (C=O) groups excluding carboxylic acids is 1. The first kappa shape index (κ1) is 17.5. The molecule has 2 aromatic carbocycles. The third kappa shape index (κ3) is 3.39. The molecule has 0 saturated carbocycles. The zero-order valence-corrected chi connectivity index (χ0v) is 15.7. The van der Waals surface area contributed by atoms with Gasteiger partial charge >= 0.3 is 5.97 Å². The first-order chi connectivity index (χ1) is 13.0. The van der Waals surface area contributed by atoms with Gasteiger partial charge in [-0.15, -0.1) is 0 Å². The summed E-state index contributed by atoms with van der Waals surface area (Å²) in [5.41, 5.74) is 2.96. The van der Waals surface area contributed by atoms with E-state index in [9.17, 15) is 4.79 Å². The molecule has 2 heterocycles. The zero-order chi connectivity index (χ0) is 19.0. The predicted octanol–water partition coefficient (Wildman–Crippen LogP) is 4.83. The molecular formula is C20H13Cl2N3O2. The van der Waals surface area contributed by atoms with Crippen LogP contribution in [0.4, 0.5) is 0 Å². The van der Waals surface area contributed by atoms with Crippen LogP contribution in [-0.2, 0) is 9.53 Å². The van der Waals surface area contributed by atoms with Crippen molar-refractivity contribution in [3.63, 3.8) is 0 Å². The Labute approximate surface area is 165 Å². The molecule has 0 aliphatic carbocycles. The smallest absolute Gasteiger partial charge is 0.363 e. The minimum Gasteiger partial charge on any atom is -0.402 e. The molecule has 0 atom stereocenters. The van der Waals surface area contributed by atoms with Gasteiger partial charge in [0, 0.05) is 16.1 Å². The van der Waals surface area contributed by atoms with E-state index in [2.05, 4.69) is 10.1 Å². The third-order valence-electron chi connectivity index (χ3n) is 4.04. The van der Waals surface area contributed by atoms with E-state index in [1.165, 1.54) is 0 Å². The molecule has 0 bridgehead atoms. The minimum absolute atomic E-state index is 0.164. The van der Waals surface area contributed by atoms with Crippen molar-refractivity contribution < 1.29 is 9.53 Å². The van der Waals surface area contributed by atoms with E-state index >= 15 is 0 Å². The van der Waals surface area contributed by atoms with Crippen molar-refractivity contribution >= 4 is 41.1 Å². The molecular weight excluding hydrogens is 385 g/mol. The second kappa shape index (κ2) is 7.02. The summed E-state index contributed by atoms with van der Waals surface area (Å²) < 4.78 is 6.89. The van der Waals surface area contributed by atoms with Gasteiger partial charge in [-0.1, -0.05) is 41.4 Å². The molecule has 1 aliphatic rings. The van der Waals surface area contributed by atoms with Gasteiger partial charge in [0.05, 0.1) is 11.4 Å². The van der Waals surface area contributed by atoms with Crippen LogP contribution >= 0.6 is 23.2 Å². The quantitative estimate of drug-likeness (QED) is 0.469. The number of hydrogen-bond acceptors (Lipinski definition) is 4. The summed E-state index contributed by atoms with van der Waals surface area (Å²) in [7, 11) is 0. The van der Waals surface area contributed by atoms with Crippen molar-refractivity contribution in [2.24, 2.45) is 4.99 Å². The Kier molecular flexibility index (Phi) is 4.56. The maximum absolute atomic E-state index is 12.2. The molecule has 27 heavy (non-hydrogen) atoms. The Bertz CT molecular complexity index is 1080. The average Bonchev–Trinajstić information content (AvgIpc) is 3.18. The molecule has 0 N–H and O–H groups in total. The van der Waals surface area contributed by atoms with Gasteiger partial charge in [0.1, 0.15) is 5.15 Å². The number of aromatic nitrogens is 2. The average molecular weight is 398 g/mol. The summed E-state index contributed by atoms with van der Waals surface area (Å²) in [6.45, 7) is 1.82. The number of halogens is 2. The number of hydrogen-bond donors (Lipinski definition) is 0. The van der Waals surface area contributed by atoms with Crippen LogP contribution in [0.5, 0.6) is 0 Å². The van der Waals surface area contributed by atoms with Crippen molar-refractivity contribution in [3.05, 3.63) is 87.3 Å². The van der Waals surface area contributed by atoms with Crippen LogP contribution in [0.3, 0.4) is 0 Å². The zero-order valence-electron chi connectivity index (χ0n) is 14.2. The van der Waals surface area contributed by atoms with Gasteiger partial charge in [0.25, 0.3) is 0 Å². The van der Waals surface area contributed by atoms with E-state index in [4.69, 9.17) is 27.9 Å². The Balaban J connectivity index is 1.72. The van der Waals surface area contributed by atoms with Crippen LogP contribution in [-0.4, -0.2) is 21.6 Å². The molecule has 4 rings (SSSR count). The number of aliphatic imine (C=N–C) groups is 1. The Morgan fingerprint density at radius 3 is 2.44 bits per heavy atom. The van der Waals surface area contributed by atoms with Crippen LogP contribution in [0.2, 0.25) is 10.2 Å². The summed E-state index contributed by atoms with van der Waals surface area (Å²) in [5.74, 6) is -0.310. The van der Waals surface area contributed by atoms with E-state index in [0.717, 1.165) is 5.69 Å². The Morgan fingerprint density at radius 2 is 1.74 bits per heavy atom. The fourth-order valence-corrected chi connectivity index (χ4v) is 3.13. The fraction of sp³-hybridized carbons (Fsp3) is 0.0500. The number of carbonyl (C=O) groups is 1. The molecule has 0 spiro atoms. The SMILES string of the molecule is Cc1nn(-c2ccccc2)c(Cl)c1/C=C1\N=C(c2ccc(Cl)cc2)OC1=O. The van der Waals surface area contributed by atoms with E-state index in [-0.39, 0.29) is 11.6 Å². The normalized spacial score (nSPS) is 15.1. The molecule has 0 unspecified atom stereocenters. The van der Waals surface area contributed by atoms with Crippen molar-refractivity contribution in [2.75, 3.05) is 0 Å². The van der Waals surface area contributed by atoms with Crippen LogP contribution in [0, 0.1) is 6.92 Å². The van der Waals surface area contributed by atoms with Crippen LogP contribution < -0.4 is 0 Å². The maximum Gasteiger partial charge on any atom is 0.363 e. The van der Waals surface area contributed by atoms with Gasteiger partial charge in [0.2, 0.25) is 5.90 Å². The molecule has 0 fully saturated rings. The lowest BCUT2D eigenvalue weighted by atomic mass is 10.2. The minimum atomic E-state index is -0.539. The number of nitrogens with zero attached hydrogens (tertiary/aromatic N) is 3. The number of rotatable bonds is 3. The van der Waals surface area contributed by atoms with Crippen molar-refractivity contribution in [1.82, 2.24) is 9.78 Å². The molecule has 1 aliphatic heterocycles. The van der Waals surface area contributed by atoms with E-state index in [1.54, 1.807) is 35.0 Å². The highest BCUT2D eigenvalue weighted by Gasteiger charge is 2.25. The molecule has 0 radical (unpaired) electrons. The van der Waals surface area contributed by atoms with Gasteiger partial charge < -0.3 is 4.74 Å². The number of esters is 1. The molecule has 7 heteroatoms. The number of cyclic esters (lactones) is 1. The monoisotopic (exact) mass is 397 g/mol. The topological polar surface area (TPSA) is 56.5 Å². The highest BCUT2D eigenvalue weighted by molar-refractivity contribution is 6.31. The van der Waals surface area contributed by atoms with E-state index < -0.39 is 5.97 Å². The van der Waals surface area contributed by atoms with Gasteiger partial charge in [-0.05, 0) is 49.4 Å². The van der Waals surface area contributed by atoms with Crippen molar-refractivity contribution in [3.8, 4) is 5.69 Å². The number of benzene rings is 2. The first-order valence-corrected chi connectivity index (χ1v) is 8.87. The lowest BCUT2D eigenvalue weighted by Crippen LogP contribution is -2.05. The Hall–Kier alpha value is -2.89. The summed E-state index contributed by atoms with van der Waals surface area (Å²) in [4.78, 5) is 16.5. The van der Waals surface area contributed by atoms with Crippen LogP contribution in [0.15, 0.2) is 65.3 Å². The molecule has 5 nitrogen and oxygen atoms in total. The number of para-hydroxylation sites is 1.